The molecular weight excluding hydrogens is 308 g/mol. The first-order valence-corrected chi connectivity index (χ1v) is 8.82. The summed E-state index contributed by atoms with van der Waals surface area (Å²) in [5, 5.41) is 7.54. The number of rotatable bonds is 4. The minimum Gasteiger partial charge on any atom is -0.453 e. The lowest BCUT2D eigenvalue weighted by atomic mass is 9.97. The van der Waals surface area contributed by atoms with Crippen molar-refractivity contribution in [3.63, 3.8) is 0 Å². The molecule has 2 heterocycles. The number of likely N-dealkylation sites (tertiary alicyclic amines) is 1. The second kappa shape index (κ2) is 7.68. The highest BCUT2D eigenvalue weighted by Gasteiger charge is 2.28. The van der Waals surface area contributed by atoms with Crippen LogP contribution in [0, 0.1) is 5.92 Å². The first-order chi connectivity index (χ1) is 11.7. The van der Waals surface area contributed by atoms with E-state index in [1.807, 2.05) is 16.9 Å². The van der Waals surface area contributed by atoms with Gasteiger partial charge in [-0.25, -0.2) is 4.79 Å². The molecule has 1 aliphatic heterocycles. The zero-order valence-electron chi connectivity index (χ0n) is 14.2. The van der Waals surface area contributed by atoms with Gasteiger partial charge in [-0.05, 0) is 31.7 Å². The van der Waals surface area contributed by atoms with Gasteiger partial charge in [-0.1, -0.05) is 12.8 Å². The lowest BCUT2D eigenvalue weighted by molar-refractivity contribution is -0.126. The Morgan fingerprint density at radius 1 is 1.29 bits per heavy atom. The van der Waals surface area contributed by atoms with Crippen molar-refractivity contribution >= 4 is 12.0 Å². The number of carbonyl (C=O) groups is 2. The number of carbonyl (C=O) groups excluding carboxylic acids is 2. The first-order valence-electron chi connectivity index (χ1n) is 8.82. The average Bonchev–Trinajstić information content (AvgIpc) is 3.30. The predicted octanol–water partition coefficient (Wildman–Crippen LogP) is 2.09. The van der Waals surface area contributed by atoms with Crippen LogP contribution in [0.3, 0.4) is 0 Å². The molecule has 3 rings (SSSR count). The fraction of sp³-hybridized carbons (Fsp3) is 0.706. The fourth-order valence-corrected chi connectivity index (χ4v) is 3.65. The van der Waals surface area contributed by atoms with Crippen molar-refractivity contribution in [2.45, 2.75) is 51.1 Å². The number of methoxy groups -OCH3 is 1. The molecule has 1 N–H and O–H groups in total. The van der Waals surface area contributed by atoms with Crippen LogP contribution in [0.15, 0.2) is 12.3 Å². The average molecular weight is 334 g/mol. The van der Waals surface area contributed by atoms with E-state index in [1.165, 1.54) is 32.8 Å². The molecule has 132 valence electrons. The Morgan fingerprint density at radius 2 is 2.08 bits per heavy atom. The Kier molecular flexibility index (Phi) is 5.37. The van der Waals surface area contributed by atoms with Gasteiger partial charge in [0.15, 0.2) is 0 Å². The second-order valence-corrected chi connectivity index (χ2v) is 6.70. The van der Waals surface area contributed by atoms with Gasteiger partial charge in [0.2, 0.25) is 5.91 Å². The zero-order chi connectivity index (χ0) is 16.9. The molecule has 2 aliphatic rings. The molecule has 1 aromatic rings. The van der Waals surface area contributed by atoms with Crippen molar-refractivity contribution in [2.75, 3.05) is 20.2 Å². The van der Waals surface area contributed by atoms with Crippen molar-refractivity contribution in [1.29, 1.82) is 0 Å². The van der Waals surface area contributed by atoms with Gasteiger partial charge in [0.05, 0.1) is 31.3 Å². The highest BCUT2D eigenvalue weighted by molar-refractivity contribution is 5.79. The zero-order valence-corrected chi connectivity index (χ0v) is 14.2. The van der Waals surface area contributed by atoms with Gasteiger partial charge in [-0.15, -0.1) is 0 Å². The van der Waals surface area contributed by atoms with Gasteiger partial charge < -0.3 is 15.0 Å². The summed E-state index contributed by atoms with van der Waals surface area (Å²) in [5.74, 6) is -0.186. The van der Waals surface area contributed by atoms with E-state index in [-0.39, 0.29) is 17.9 Å². The number of nitrogens with one attached hydrogen (secondary N) is 1. The van der Waals surface area contributed by atoms with E-state index in [9.17, 15) is 9.59 Å². The third-order valence-electron chi connectivity index (χ3n) is 5.03. The largest absolute Gasteiger partial charge is 0.453 e. The van der Waals surface area contributed by atoms with E-state index >= 15 is 0 Å². The maximum Gasteiger partial charge on any atom is 0.409 e. The minimum atomic E-state index is -0.359. The van der Waals surface area contributed by atoms with Gasteiger partial charge in [0.25, 0.3) is 0 Å². The molecule has 1 saturated carbocycles. The normalized spacial score (nSPS) is 21.7. The molecule has 0 bridgehead atoms. The topological polar surface area (TPSA) is 76.5 Å². The van der Waals surface area contributed by atoms with Crippen LogP contribution in [-0.2, 0) is 16.1 Å². The maximum atomic E-state index is 12.4. The number of nitrogens with zero attached hydrogens (tertiary/aromatic N) is 3. The maximum absolute atomic E-state index is 12.4. The third kappa shape index (κ3) is 3.88. The summed E-state index contributed by atoms with van der Waals surface area (Å²) >= 11 is 0. The molecule has 0 spiro atoms. The monoisotopic (exact) mass is 334 g/mol. The minimum absolute atomic E-state index is 0.0148. The van der Waals surface area contributed by atoms with Crippen LogP contribution in [-0.4, -0.2) is 46.9 Å². The molecule has 0 radical (unpaired) electrons. The molecule has 1 aromatic heterocycles. The summed E-state index contributed by atoms with van der Waals surface area (Å²) < 4.78 is 6.78. The molecule has 1 unspecified atom stereocenters. The fourth-order valence-electron chi connectivity index (χ4n) is 3.65. The number of ether oxygens (including phenoxy) is 1. The first kappa shape index (κ1) is 16.8. The quantitative estimate of drug-likeness (QED) is 0.915. The summed E-state index contributed by atoms with van der Waals surface area (Å²) in [4.78, 5) is 25.6. The lowest BCUT2D eigenvalue weighted by Crippen LogP contribution is -2.45. The third-order valence-corrected chi connectivity index (χ3v) is 5.03. The summed E-state index contributed by atoms with van der Waals surface area (Å²) in [7, 11) is 1.37. The van der Waals surface area contributed by atoms with Crippen LogP contribution in [0.4, 0.5) is 4.79 Å². The van der Waals surface area contributed by atoms with Crippen LogP contribution < -0.4 is 5.32 Å². The lowest BCUT2D eigenvalue weighted by Gasteiger charge is -2.30. The van der Waals surface area contributed by atoms with E-state index in [0.717, 1.165) is 18.5 Å². The summed E-state index contributed by atoms with van der Waals surface area (Å²) in [6, 6.07) is 2.49. The van der Waals surface area contributed by atoms with Crippen molar-refractivity contribution in [3.05, 3.63) is 18.0 Å². The Bertz CT molecular complexity index is 580. The highest BCUT2D eigenvalue weighted by Crippen LogP contribution is 2.28. The number of amides is 2. The highest BCUT2D eigenvalue weighted by atomic mass is 16.5. The molecule has 2 amide bonds. The van der Waals surface area contributed by atoms with E-state index in [4.69, 9.17) is 4.74 Å². The van der Waals surface area contributed by atoms with Gasteiger partial charge in [0, 0.05) is 19.3 Å². The smallest absolute Gasteiger partial charge is 0.409 e. The van der Waals surface area contributed by atoms with Crippen molar-refractivity contribution in [3.8, 4) is 0 Å². The molecule has 2 fully saturated rings. The summed E-state index contributed by atoms with van der Waals surface area (Å²) in [6.45, 7) is 1.52. The predicted molar refractivity (Wildman–Crippen MR) is 88.3 cm³/mol. The standard InChI is InChI=1S/C17H26N4O3/c1-24-17(23)20-9-4-5-13(12-20)16(22)18-11-14-8-10-21(19-14)15-6-2-3-7-15/h8,10,13,15H,2-7,9,11-12H2,1H3,(H,18,22). The second-order valence-electron chi connectivity index (χ2n) is 6.70. The SMILES string of the molecule is COC(=O)N1CCCC(C(=O)NCc2ccn(C3CCCC3)n2)C1. The van der Waals surface area contributed by atoms with Gasteiger partial charge >= 0.3 is 6.09 Å². The molecule has 1 aliphatic carbocycles. The van der Waals surface area contributed by atoms with Crippen LogP contribution in [0.5, 0.6) is 0 Å². The molecule has 0 aromatic carbocycles. The Morgan fingerprint density at radius 3 is 2.83 bits per heavy atom. The van der Waals surface area contributed by atoms with Crippen molar-refractivity contribution in [2.24, 2.45) is 5.92 Å². The van der Waals surface area contributed by atoms with Gasteiger partial charge in [-0.2, -0.15) is 5.10 Å². The Hall–Kier alpha value is -2.05. The number of hydrogen-bond donors (Lipinski definition) is 1. The molecule has 7 nitrogen and oxygen atoms in total. The molecule has 7 heteroatoms. The van der Waals surface area contributed by atoms with Crippen molar-refractivity contribution < 1.29 is 14.3 Å². The van der Waals surface area contributed by atoms with E-state index in [0.29, 0.717) is 25.7 Å². The van der Waals surface area contributed by atoms with Crippen LogP contribution in [0.2, 0.25) is 0 Å². The molecule has 1 atom stereocenters. The summed E-state index contributed by atoms with van der Waals surface area (Å²) in [5.41, 5.74) is 0.885. The van der Waals surface area contributed by atoms with Gasteiger partial charge in [-0.3, -0.25) is 9.48 Å². The van der Waals surface area contributed by atoms with Gasteiger partial charge in [0.1, 0.15) is 0 Å². The molecule has 24 heavy (non-hydrogen) atoms. The number of aromatic nitrogens is 2. The van der Waals surface area contributed by atoms with E-state index in [1.54, 1.807) is 4.90 Å². The number of piperidine rings is 1. The summed E-state index contributed by atoms with van der Waals surface area (Å²) in [6.07, 6.45) is 8.21. The Labute approximate surface area is 142 Å². The van der Waals surface area contributed by atoms with Crippen molar-refractivity contribution in [1.82, 2.24) is 20.0 Å². The van der Waals surface area contributed by atoms with Crippen LogP contribution in [0.1, 0.15) is 50.3 Å². The van der Waals surface area contributed by atoms with E-state index < -0.39 is 0 Å². The van der Waals surface area contributed by atoms with E-state index in [2.05, 4.69) is 10.4 Å². The van der Waals surface area contributed by atoms with Crippen LogP contribution >= 0.6 is 0 Å². The Balaban J connectivity index is 1.49. The molecular formula is C17H26N4O3. The molecule has 1 saturated heterocycles. The number of hydrogen-bond acceptors (Lipinski definition) is 4. The van der Waals surface area contributed by atoms with Crippen LogP contribution in [0.25, 0.3) is 0 Å².